The molecule has 0 N–H and O–H groups in total. The first-order valence-corrected chi connectivity index (χ1v) is 7.62. The van der Waals surface area contributed by atoms with Crippen molar-refractivity contribution in [2.45, 2.75) is 11.8 Å². The average Bonchev–Trinajstić information content (AvgIpc) is 2.88. The van der Waals surface area contributed by atoms with Gasteiger partial charge in [0.15, 0.2) is 9.84 Å². The quantitative estimate of drug-likeness (QED) is 0.784. The van der Waals surface area contributed by atoms with Crippen LogP contribution in [0.5, 0.6) is 0 Å². The summed E-state index contributed by atoms with van der Waals surface area (Å²) in [5.74, 6) is -0.725. The SMILES string of the molecule is CCOC(=O)c1noc(-c2ccc(S(C)(=O)=O)cc2)n1. The van der Waals surface area contributed by atoms with Crippen LogP contribution in [0.3, 0.4) is 0 Å². The fourth-order valence-electron chi connectivity index (χ4n) is 1.46. The lowest BCUT2D eigenvalue weighted by molar-refractivity contribution is 0.0508. The fourth-order valence-corrected chi connectivity index (χ4v) is 2.09. The molecule has 0 aliphatic rings. The summed E-state index contributed by atoms with van der Waals surface area (Å²) in [5.41, 5.74) is 0.514. The Morgan fingerprint density at radius 2 is 1.95 bits per heavy atom. The van der Waals surface area contributed by atoms with E-state index >= 15 is 0 Å². The zero-order valence-electron chi connectivity index (χ0n) is 10.9. The zero-order chi connectivity index (χ0) is 14.8. The largest absolute Gasteiger partial charge is 0.460 e. The molecule has 0 aliphatic carbocycles. The van der Waals surface area contributed by atoms with Gasteiger partial charge in [-0.1, -0.05) is 0 Å². The highest BCUT2D eigenvalue weighted by atomic mass is 32.2. The molecule has 20 heavy (non-hydrogen) atoms. The Kier molecular flexibility index (Phi) is 3.84. The van der Waals surface area contributed by atoms with Crippen LogP contribution in [-0.2, 0) is 14.6 Å². The highest BCUT2D eigenvalue weighted by Crippen LogP contribution is 2.19. The minimum Gasteiger partial charge on any atom is -0.460 e. The third-order valence-electron chi connectivity index (χ3n) is 2.41. The number of rotatable bonds is 4. The molecule has 0 aliphatic heterocycles. The van der Waals surface area contributed by atoms with Crippen LogP contribution in [0.25, 0.3) is 11.5 Å². The van der Waals surface area contributed by atoms with Crippen molar-refractivity contribution in [3.63, 3.8) is 0 Å². The van der Waals surface area contributed by atoms with Gasteiger partial charge >= 0.3 is 5.97 Å². The number of ether oxygens (including phenoxy) is 1. The molecule has 0 saturated heterocycles. The molecule has 0 fully saturated rings. The third-order valence-corrected chi connectivity index (χ3v) is 3.54. The number of hydrogen-bond acceptors (Lipinski definition) is 7. The summed E-state index contributed by atoms with van der Waals surface area (Å²) in [6.45, 7) is 1.88. The first kappa shape index (κ1) is 14.2. The molecule has 0 radical (unpaired) electrons. The van der Waals surface area contributed by atoms with E-state index in [9.17, 15) is 13.2 Å². The van der Waals surface area contributed by atoms with Gasteiger partial charge in [0.1, 0.15) is 0 Å². The van der Waals surface area contributed by atoms with Crippen molar-refractivity contribution in [2.24, 2.45) is 0 Å². The Labute approximate surface area is 115 Å². The highest BCUT2D eigenvalue weighted by Gasteiger charge is 2.17. The summed E-state index contributed by atoms with van der Waals surface area (Å²) in [7, 11) is -3.26. The number of sulfone groups is 1. The van der Waals surface area contributed by atoms with Crippen LogP contribution in [0.2, 0.25) is 0 Å². The van der Waals surface area contributed by atoms with Gasteiger partial charge in [0.05, 0.1) is 11.5 Å². The summed E-state index contributed by atoms with van der Waals surface area (Å²) < 4.78 is 32.3. The number of benzene rings is 1. The van der Waals surface area contributed by atoms with Crippen molar-refractivity contribution in [3.8, 4) is 11.5 Å². The van der Waals surface area contributed by atoms with E-state index in [1.165, 1.54) is 24.3 Å². The number of hydrogen-bond donors (Lipinski definition) is 0. The number of aromatic nitrogens is 2. The predicted molar refractivity (Wildman–Crippen MR) is 68.8 cm³/mol. The topological polar surface area (TPSA) is 99.4 Å². The number of carbonyl (C=O) groups excluding carboxylic acids is 1. The van der Waals surface area contributed by atoms with E-state index in [1.54, 1.807) is 6.92 Å². The van der Waals surface area contributed by atoms with Gasteiger partial charge in [-0.05, 0) is 36.3 Å². The first-order valence-electron chi connectivity index (χ1n) is 5.73. The standard InChI is InChI=1S/C12H12N2O5S/c1-3-18-12(15)10-13-11(19-14-10)8-4-6-9(7-5-8)20(2,16)17/h4-7H,3H2,1-2H3. The molecule has 0 bridgehead atoms. The van der Waals surface area contributed by atoms with Crippen molar-refractivity contribution < 1.29 is 22.5 Å². The molecule has 0 atom stereocenters. The second-order valence-corrected chi connectivity index (χ2v) is 5.96. The number of esters is 1. The second kappa shape index (κ2) is 5.41. The van der Waals surface area contributed by atoms with Crippen molar-refractivity contribution >= 4 is 15.8 Å². The molecule has 8 heteroatoms. The lowest BCUT2D eigenvalue weighted by Gasteiger charge is -1.98. The first-order chi connectivity index (χ1) is 9.41. The molecule has 1 heterocycles. The molecule has 2 rings (SSSR count). The van der Waals surface area contributed by atoms with E-state index in [1.807, 2.05) is 0 Å². The third kappa shape index (κ3) is 3.02. The minimum atomic E-state index is -3.26. The summed E-state index contributed by atoms with van der Waals surface area (Å²) in [4.78, 5) is 15.5. The number of nitrogens with zero attached hydrogens (tertiary/aromatic N) is 2. The van der Waals surface area contributed by atoms with Crippen molar-refractivity contribution in [1.82, 2.24) is 10.1 Å². The Morgan fingerprint density at radius 3 is 2.50 bits per heavy atom. The van der Waals surface area contributed by atoms with Gasteiger partial charge < -0.3 is 9.26 Å². The maximum atomic E-state index is 11.4. The molecule has 7 nitrogen and oxygen atoms in total. The van der Waals surface area contributed by atoms with Gasteiger partial charge in [-0.15, -0.1) is 0 Å². The van der Waals surface area contributed by atoms with Crippen LogP contribution in [0.1, 0.15) is 17.5 Å². The van der Waals surface area contributed by atoms with Crippen LogP contribution in [-0.4, -0.2) is 37.4 Å². The summed E-state index contributed by atoms with van der Waals surface area (Å²) in [6.07, 6.45) is 1.12. The van der Waals surface area contributed by atoms with E-state index in [0.29, 0.717) is 5.56 Å². The second-order valence-electron chi connectivity index (χ2n) is 3.94. The molecule has 1 aromatic heterocycles. The molecule has 0 amide bonds. The van der Waals surface area contributed by atoms with E-state index in [-0.39, 0.29) is 23.2 Å². The van der Waals surface area contributed by atoms with E-state index < -0.39 is 15.8 Å². The van der Waals surface area contributed by atoms with Crippen LogP contribution < -0.4 is 0 Å². The lowest BCUT2D eigenvalue weighted by Crippen LogP contribution is -2.06. The van der Waals surface area contributed by atoms with Crippen molar-refractivity contribution in [1.29, 1.82) is 0 Å². The normalized spacial score (nSPS) is 11.3. The molecule has 2 aromatic rings. The fraction of sp³-hybridized carbons (Fsp3) is 0.250. The Morgan fingerprint density at radius 1 is 1.30 bits per heavy atom. The summed E-state index contributed by atoms with van der Waals surface area (Å²) in [5, 5.41) is 3.50. The van der Waals surface area contributed by atoms with Gasteiger partial charge in [-0.2, -0.15) is 4.98 Å². The van der Waals surface area contributed by atoms with Crippen LogP contribution in [0.4, 0.5) is 0 Å². The molecule has 0 spiro atoms. The van der Waals surface area contributed by atoms with E-state index in [0.717, 1.165) is 6.26 Å². The Bertz CT molecular complexity index is 719. The van der Waals surface area contributed by atoms with E-state index in [2.05, 4.69) is 10.1 Å². The minimum absolute atomic E-state index is 0.119. The van der Waals surface area contributed by atoms with E-state index in [4.69, 9.17) is 9.26 Å². The average molecular weight is 296 g/mol. The molecular formula is C12H12N2O5S. The molecule has 106 valence electrons. The van der Waals surface area contributed by atoms with Crippen LogP contribution >= 0.6 is 0 Å². The Balaban J connectivity index is 2.27. The lowest BCUT2D eigenvalue weighted by atomic mass is 10.2. The van der Waals surface area contributed by atoms with Gasteiger partial charge in [0.2, 0.25) is 0 Å². The maximum absolute atomic E-state index is 11.4. The number of carbonyl (C=O) groups is 1. The maximum Gasteiger partial charge on any atom is 0.379 e. The van der Waals surface area contributed by atoms with Gasteiger partial charge in [-0.3, -0.25) is 0 Å². The Hall–Kier alpha value is -2.22. The smallest absolute Gasteiger partial charge is 0.379 e. The predicted octanol–water partition coefficient (Wildman–Crippen LogP) is 1.32. The monoisotopic (exact) mass is 296 g/mol. The van der Waals surface area contributed by atoms with Crippen molar-refractivity contribution in [3.05, 3.63) is 30.1 Å². The molecule has 0 saturated carbocycles. The van der Waals surface area contributed by atoms with Crippen molar-refractivity contribution in [2.75, 3.05) is 12.9 Å². The van der Waals surface area contributed by atoms with Gasteiger partial charge in [0, 0.05) is 11.8 Å². The summed E-state index contributed by atoms with van der Waals surface area (Å²) >= 11 is 0. The van der Waals surface area contributed by atoms with Crippen LogP contribution in [0, 0.1) is 0 Å². The molecule has 0 unspecified atom stereocenters. The van der Waals surface area contributed by atoms with Gasteiger partial charge in [-0.25, -0.2) is 13.2 Å². The molecular weight excluding hydrogens is 284 g/mol. The zero-order valence-corrected chi connectivity index (χ0v) is 11.7. The van der Waals surface area contributed by atoms with Crippen LogP contribution in [0.15, 0.2) is 33.7 Å². The summed E-state index contributed by atoms with van der Waals surface area (Å²) in [6, 6.07) is 5.91. The van der Waals surface area contributed by atoms with Gasteiger partial charge in [0.25, 0.3) is 11.7 Å². The highest BCUT2D eigenvalue weighted by molar-refractivity contribution is 7.90. The molecule has 1 aromatic carbocycles.